The minimum absolute atomic E-state index is 0.560. The second kappa shape index (κ2) is 4.88. The molecule has 1 heterocycles. The Morgan fingerprint density at radius 3 is 2.71 bits per heavy atom. The predicted molar refractivity (Wildman–Crippen MR) is 70.0 cm³/mol. The first-order chi connectivity index (χ1) is 8.06. The summed E-state index contributed by atoms with van der Waals surface area (Å²) in [7, 11) is 0. The highest BCUT2D eigenvalue weighted by Crippen LogP contribution is 2.23. The summed E-state index contributed by atoms with van der Waals surface area (Å²) < 4.78 is 2.07. The van der Waals surface area contributed by atoms with E-state index >= 15 is 0 Å². The van der Waals surface area contributed by atoms with Crippen LogP contribution in [-0.4, -0.2) is 14.8 Å². The summed E-state index contributed by atoms with van der Waals surface area (Å²) in [6.07, 6.45) is 1.77. The van der Waals surface area contributed by atoms with Gasteiger partial charge in [-0.05, 0) is 36.6 Å². The Morgan fingerprint density at radius 1 is 1.29 bits per heavy atom. The molecule has 0 atom stereocenters. The van der Waals surface area contributed by atoms with Gasteiger partial charge in [0, 0.05) is 17.1 Å². The summed E-state index contributed by atoms with van der Waals surface area (Å²) in [6, 6.07) is 5.94. The molecule has 0 aliphatic rings. The van der Waals surface area contributed by atoms with E-state index in [1.54, 1.807) is 6.33 Å². The van der Waals surface area contributed by atoms with E-state index in [-0.39, 0.29) is 0 Å². The zero-order valence-corrected chi connectivity index (χ0v) is 11.1. The molecule has 0 saturated carbocycles. The summed E-state index contributed by atoms with van der Waals surface area (Å²) in [5.74, 6) is 1.44. The minimum atomic E-state index is 0.560. The molecule has 0 saturated heterocycles. The summed E-state index contributed by atoms with van der Waals surface area (Å²) >= 11 is 6.07. The number of hydrogen-bond donors (Lipinski definition) is 0. The molecule has 0 unspecified atom stereocenters. The lowest BCUT2D eigenvalue weighted by molar-refractivity contribution is 0.525. The summed E-state index contributed by atoms with van der Waals surface area (Å²) in [5.41, 5.74) is 2.15. The molecule has 0 aliphatic heterocycles. The molecule has 0 fully saturated rings. The third-order valence-corrected chi connectivity index (χ3v) is 2.70. The molecule has 17 heavy (non-hydrogen) atoms. The number of benzene rings is 1. The number of aryl methyl sites for hydroxylation is 1. The fourth-order valence-corrected chi connectivity index (χ4v) is 2.16. The van der Waals surface area contributed by atoms with Gasteiger partial charge in [0.2, 0.25) is 0 Å². The first-order valence-corrected chi connectivity index (χ1v) is 6.09. The zero-order valence-electron chi connectivity index (χ0n) is 10.3. The molecule has 0 radical (unpaired) electrons. The van der Waals surface area contributed by atoms with Crippen LogP contribution >= 0.6 is 11.6 Å². The molecule has 1 aromatic heterocycles. The van der Waals surface area contributed by atoms with Crippen molar-refractivity contribution in [3.05, 3.63) is 35.1 Å². The van der Waals surface area contributed by atoms with E-state index in [0.717, 1.165) is 28.5 Å². The first-order valence-electron chi connectivity index (χ1n) is 5.71. The standard InChI is InChI=1S/C13H16ClN3/c1-9(2)7-17-8-15-16-13(17)11-4-10(3)5-12(14)6-11/h4-6,8-9H,7H2,1-3H3. The molecule has 90 valence electrons. The molecule has 3 nitrogen and oxygen atoms in total. The quantitative estimate of drug-likeness (QED) is 0.833. The van der Waals surface area contributed by atoms with Crippen molar-refractivity contribution < 1.29 is 0 Å². The third kappa shape index (κ3) is 2.86. The van der Waals surface area contributed by atoms with Gasteiger partial charge in [-0.1, -0.05) is 25.4 Å². The lowest BCUT2D eigenvalue weighted by Gasteiger charge is -2.09. The number of halogens is 1. The van der Waals surface area contributed by atoms with E-state index in [9.17, 15) is 0 Å². The molecule has 0 bridgehead atoms. The van der Waals surface area contributed by atoms with E-state index in [0.29, 0.717) is 5.92 Å². The molecule has 0 spiro atoms. The van der Waals surface area contributed by atoms with Gasteiger partial charge in [0.05, 0.1) is 0 Å². The van der Waals surface area contributed by atoms with E-state index < -0.39 is 0 Å². The summed E-state index contributed by atoms with van der Waals surface area (Å²) in [4.78, 5) is 0. The van der Waals surface area contributed by atoms with Gasteiger partial charge in [0.1, 0.15) is 6.33 Å². The molecule has 0 amide bonds. The van der Waals surface area contributed by atoms with Gasteiger partial charge in [-0.3, -0.25) is 0 Å². The zero-order chi connectivity index (χ0) is 12.4. The molecule has 4 heteroatoms. The number of nitrogens with zero attached hydrogens (tertiary/aromatic N) is 3. The SMILES string of the molecule is Cc1cc(Cl)cc(-c2nncn2CC(C)C)c1. The van der Waals surface area contributed by atoms with Crippen LogP contribution in [0.3, 0.4) is 0 Å². The number of rotatable bonds is 3. The van der Waals surface area contributed by atoms with E-state index in [1.165, 1.54) is 0 Å². The second-order valence-corrected chi connectivity index (χ2v) is 5.15. The van der Waals surface area contributed by atoms with Crippen LogP contribution in [0.5, 0.6) is 0 Å². The van der Waals surface area contributed by atoms with Crippen LogP contribution in [0.25, 0.3) is 11.4 Å². The van der Waals surface area contributed by atoms with Crippen LogP contribution in [0.2, 0.25) is 5.02 Å². The van der Waals surface area contributed by atoms with Gasteiger partial charge >= 0.3 is 0 Å². The van der Waals surface area contributed by atoms with E-state index in [4.69, 9.17) is 11.6 Å². The Labute approximate surface area is 106 Å². The van der Waals surface area contributed by atoms with Gasteiger partial charge in [-0.2, -0.15) is 0 Å². The lowest BCUT2D eigenvalue weighted by Crippen LogP contribution is -2.05. The first kappa shape index (κ1) is 12.1. The highest BCUT2D eigenvalue weighted by molar-refractivity contribution is 6.30. The van der Waals surface area contributed by atoms with E-state index in [2.05, 4.69) is 34.7 Å². The topological polar surface area (TPSA) is 30.7 Å². The lowest BCUT2D eigenvalue weighted by atomic mass is 10.1. The Balaban J connectivity index is 2.42. The molecule has 1 aromatic carbocycles. The monoisotopic (exact) mass is 249 g/mol. The molecular weight excluding hydrogens is 234 g/mol. The van der Waals surface area contributed by atoms with Crippen molar-refractivity contribution >= 4 is 11.6 Å². The fourth-order valence-electron chi connectivity index (χ4n) is 1.87. The maximum Gasteiger partial charge on any atom is 0.163 e. The average molecular weight is 250 g/mol. The Kier molecular flexibility index (Phi) is 3.48. The van der Waals surface area contributed by atoms with Crippen molar-refractivity contribution in [2.24, 2.45) is 5.92 Å². The van der Waals surface area contributed by atoms with Crippen LogP contribution in [0.15, 0.2) is 24.5 Å². The largest absolute Gasteiger partial charge is 0.313 e. The molecule has 0 N–H and O–H groups in total. The maximum atomic E-state index is 6.07. The maximum absolute atomic E-state index is 6.07. The van der Waals surface area contributed by atoms with Gasteiger partial charge in [-0.25, -0.2) is 0 Å². The van der Waals surface area contributed by atoms with Gasteiger partial charge < -0.3 is 4.57 Å². The number of aromatic nitrogens is 3. The van der Waals surface area contributed by atoms with Crippen LogP contribution in [0, 0.1) is 12.8 Å². The van der Waals surface area contributed by atoms with Gasteiger partial charge in [0.25, 0.3) is 0 Å². The smallest absolute Gasteiger partial charge is 0.163 e. The Hall–Kier alpha value is -1.35. The summed E-state index contributed by atoms with van der Waals surface area (Å²) in [6.45, 7) is 7.28. The van der Waals surface area contributed by atoms with Crippen LogP contribution < -0.4 is 0 Å². The summed E-state index contributed by atoms with van der Waals surface area (Å²) in [5, 5.41) is 8.89. The Bertz CT molecular complexity index is 497. The predicted octanol–water partition coefficient (Wildman–Crippen LogP) is 3.56. The van der Waals surface area contributed by atoms with Crippen molar-refractivity contribution in [2.75, 3.05) is 0 Å². The fraction of sp³-hybridized carbons (Fsp3) is 0.385. The highest BCUT2D eigenvalue weighted by Gasteiger charge is 2.09. The van der Waals surface area contributed by atoms with E-state index in [1.807, 2.05) is 19.1 Å². The van der Waals surface area contributed by atoms with Crippen LogP contribution in [0.1, 0.15) is 19.4 Å². The van der Waals surface area contributed by atoms with Crippen molar-refractivity contribution in [1.29, 1.82) is 0 Å². The van der Waals surface area contributed by atoms with Crippen molar-refractivity contribution in [3.63, 3.8) is 0 Å². The van der Waals surface area contributed by atoms with Crippen LogP contribution in [-0.2, 0) is 6.54 Å². The van der Waals surface area contributed by atoms with Gasteiger partial charge in [0.15, 0.2) is 5.82 Å². The minimum Gasteiger partial charge on any atom is -0.313 e. The van der Waals surface area contributed by atoms with Gasteiger partial charge in [-0.15, -0.1) is 10.2 Å². The van der Waals surface area contributed by atoms with Crippen molar-refractivity contribution in [2.45, 2.75) is 27.3 Å². The average Bonchev–Trinajstić information content (AvgIpc) is 2.63. The second-order valence-electron chi connectivity index (χ2n) is 4.72. The Morgan fingerprint density at radius 2 is 2.06 bits per heavy atom. The third-order valence-electron chi connectivity index (χ3n) is 2.48. The molecule has 0 aliphatic carbocycles. The van der Waals surface area contributed by atoms with Crippen LogP contribution in [0.4, 0.5) is 0 Å². The highest BCUT2D eigenvalue weighted by atomic mass is 35.5. The van der Waals surface area contributed by atoms with Crippen molar-refractivity contribution in [1.82, 2.24) is 14.8 Å². The molecule has 2 aromatic rings. The molecule has 2 rings (SSSR count). The normalized spacial score (nSPS) is 11.1. The molecular formula is C13H16ClN3. The van der Waals surface area contributed by atoms with Crippen molar-refractivity contribution in [3.8, 4) is 11.4 Å². The number of hydrogen-bond acceptors (Lipinski definition) is 2.